The van der Waals surface area contributed by atoms with Gasteiger partial charge in [-0.2, -0.15) is 0 Å². The van der Waals surface area contributed by atoms with Crippen LogP contribution in [0, 0.1) is 0 Å². The fourth-order valence-electron chi connectivity index (χ4n) is 1.96. The van der Waals surface area contributed by atoms with E-state index in [1.54, 1.807) is 18.2 Å². The molecule has 0 aromatic heterocycles. The lowest BCUT2D eigenvalue weighted by atomic mass is 10.1. The van der Waals surface area contributed by atoms with Crippen LogP contribution in [0.2, 0.25) is 0 Å². The van der Waals surface area contributed by atoms with Crippen molar-refractivity contribution in [1.82, 2.24) is 5.32 Å². The summed E-state index contributed by atoms with van der Waals surface area (Å²) in [6.07, 6.45) is 0.898. The molecule has 0 atom stereocenters. The van der Waals surface area contributed by atoms with Crippen molar-refractivity contribution < 1.29 is 14.9 Å². The molecule has 5 heteroatoms. The maximum absolute atomic E-state index is 9.51. The molecule has 4 nitrogen and oxygen atoms in total. The van der Waals surface area contributed by atoms with Crippen LogP contribution < -0.4 is 10.1 Å². The number of phenols is 2. The van der Waals surface area contributed by atoms with Crippen LogP contribution in [0.4, 0.5) is 0 Å². The van der Waals surface area contributed by atoms with Crippen LogP contribution in [-0.2, 0) is 13.0 Å². The SMILES string of the molecule is Br.COc1cc(CNCCc2ccc(O)cc2)ccc1O. The lowest BCUT2D eigenvalue weighted by Gasteiger charge is -2.08. The van der Waals surface area contributed by atoms with Crippen molar-refractivity contribution in [2.75, 3.05) is 13.7 Å². The van der Waals surface area contributed by atoms with Gasteiger partial charge in [0, 0.05) is 6.54 Å². The van der Waals surface area contributed by atoms with Crippen LogP contribution in [0.15, 0.2) is 42.5 Å². The monoisotopic (exact) mass is 353 g/mol. The third-order valence-electron chi connectivity index (χ3n) is 3.10. The number of halogens is 1. The second-order valence-electron chi connectivity index (χ2n) is 4.60. The molecule has 0 spiro atoms. The number of benzene rings is 2. The Labute approximate surface area is 135 Å². The summed E-state index contributed by atoms with van der Waals surface area (Å²) in [4.78, 5) is 0. The van der Waals surface area contributed by atoms with Gasteiger partial charge < -0.3 is 20.3 Å². The van der Waals surface area contributed by atoms with Gasteiger partial charge in [-0.15, -0.1) is 17.0 Å². The molecule has 0 fully saturated rings. The molecule has 0 unspecified atom stereocenters. The van der Waals surface area contributed by atoms with Gasteiger partial charge in [-0.3, -0.25) is 0 Å². The minimum absolute atomic E-state index is 0. The van der Waals surface area contributed by atoms with E-state index >= 15 is 0 Å². The van der Waals surface area contributed by atoms with Crippen molar-refractivity contribution in [1.29, 1.82) is 0 Å². The Morgan fingerprint density at radius 2 is 1.67 bits per heavy atom. The zero-order valence-electron chi connectivity index (χ0n) is 11.9. The second kappa shape index (κ2) is 8.54. The summed E-state index contributed by atoms with van der Waals surface area (Å²) >= 11 is 0. The second-order valence-corrected chi connectivity index (χ2v) is 4.60. The molecule has 2 aromatic carbocycles. The lowest BCUT2D eigenvalue weighted by Crippen LogP contribution is -2.16. The first-order valence-electron chi connectivity index (χ1n) is 6.53. The van der Waals surface area contributed by atoms with E-state index < -0.39 is 0 Å². The molecular formula is C16H20BrNO3. The van der Waals surface area contributed by atoms with Crippen molar-refractivity contribution in [2.24, 2.45) is 0 Å². The summed E-state index contributed by atoms with van der Waals surface area (Å²) in [5.41, 5.74) is 2.24. The Bertz CT molecular complexity index is 558. The first-order chi connectivity index (χ1) is 9.69. The predicted octanol–water partition coefficient (Wildman–Crippen LogP) is 3.02. The van der Waals surface area contributed by atoms with Crippen LogP contribution in [0.25, 0.3) is 0 Å². The van der Waals surface area contributed by atoms with Crippen LogP contribution in [0.3, 0.4) is 0 Å². The van der Waals surface area contributed by atoms with Gasteiger partial charge in [-0.05, 0) is 48.4 Å². The van der Waals surface area contributed by atoms with Crippen molar-refractivity contribution in [2.45, 2.75) is 13.0 Å². The minimum atomic E-state index is 0. The highest BCUT2D eigenvalue weighted by atomic mass is 79.9. The first-order valence-corrected chi connectivity index (χ1v) is 6.53. The summed E-state index contributed by atoms with van der Waals surface area (Å²) in [5, 5.41) is 22.0. The van der Waals surface area contributed by atoms with E-state index in [9.17, 15) is 10.2 Å². The Hall–Kier alpha value is -1.72. The quantitative estimate of drug-likeness (QED) is 0.698. The van der Waals surface area contributed by atoms with Crippen molar-refractivity contribution in [3.05, 3.63) is 53.6 Å². The summed E-state index contributed by atoms with van der Waals surface area (Å²) < 4.78 is 5.07. The number of hydrogen-bond donors (Lipinski definition) is 3. The van der Waals surface area contributed by atoms with E-state index in [1.807, 2.05) is 24.3 Å². The highest BCUT2D eigenvalue weighted by molar-refractivity contribution is 8.93. The zero-order valence-corrected chi connectivity index (χ0v) is 13.6. The molecule has 0 aliphatic rings. The van der Waals surface area contributed by atoms with Crippen LogP contribution in [0.1, 0.15) is 11.1 Å². The smallest absolute Gasteiger partial charge is 0.160 e. The van der Waals surface area contributed by atoms with Gasteiger partial charge in [0.05, 0.1) is 7.11 Å². The van der Waals surface area contributed by atoms with Crippen molar-refractivity contribution >= 4 is 17.0 Å². The molecule has 0 bridgehead atoms. The van der Waals surface area contributed by atoms with Gasteiger partial charge in [0.1, 0.15) is 5.75 Å². The number of phenolic OH excluding ortho intramolecular Hbond substituents is 2. The maximum atomic E-state index is 9.51. The molecule has 0 amide bonds. The largest absolute Gasteiger partial charge is 0.508 e. The lowest BCUT2D eigenvalue weighted by molar-refractivity contribution is 0.373. The number of rotatable bonds is 6. The fourth-order valence-corrected chi connectivity index (χ4v) is 1.96. The standard InChI is InChI=1S/C16H19NO3.BrH/c1-20-16-10-13(4-7-15(16)19)11-17-9-8-12-2-5-14(18)6-3-12;/h2-7,10,17-19H,8-9,11H2,1H3;1H. The summed E-state index contributed by atoms with van der Waals surface area (Å²) in [5.74, 6) is 0.932. The maximum Gasteiger partial charge on any atom is 0.160 e. The molecule has 21 heavy (non-hydrogen) atoms. The molecule has 0 saturated carbocycles. The first kappa shape index (κ1) is 17.3. The molecule has 2 rings (SSSR count). The van der Waals surface area contributed by atoms with E-state index in [0.717, 1.165) is 18.5 Å². The number of hydrogen-bond acceptors (Lipinski definition) is 4. The van der Waals surface area contributed by atoms with E-state index in [0.29, 0.717) is 12.3 Å². The van der Waals surface area contributed by atoms with E-state index in [4.69, 9.17) is 4.74 Å². The highest BCUT2D eigenvalue weighted by Gasteiger charge is 2.02. The average Bonchev–Trinajstić information content (AvgIpc) is 2.47. The van der Waals surface area contributed by atoms with E-state index in [-0.39, 0.29) is 28.5 Å². The van der Waals surface area contributed by atoms with Gasteiger partial charge in [0.2, 0.25) is 0 Å². The minimum Gasteiger partial charge on any atom is -0.508 e. The normalized spacial score (nSPS) is 9.95. The third kappa shape index (κ3) is 5.28. The topological polar surface area (TPSA) is 61.7 Å². The van der Waals surface area contributed by atoms with Gasteiger partial charge in [0.25, 0.3) is 0 Å². The summed E-state index contributed by atoms with van der Waals surface area (Å²) in [7, 11) is 1.54. The molecule has 114 valence electrons. The van der Waals surface area contributed by atoms with Crippen LogP contribution in [-0.4, -0.2) is 23.9 Å². The van der Waals surface area contributed by atoms with Crippen LogP contribution >= 0.6 is 17.0 Å². The average molecular weight is 354 g/mol. The van der Waals surface area contributed by atoms with Crippen molar-refractivity contribution in [3.8, 4) is 17.2 Å². The molecule has 0 aliphatic carbocycles. The highest BCUT2D eigenvalue weighted by Crippen LogP contribution is 2.26. The Morgan fingerprint density at radius 3 is 2.33 bits per heavy atom. The zero-order chi connectivity index (χ0) is 14.4. The molecule has 0 aliphatic heterocycles. The third-order valence-corrected chi connectivity index (χ3v) is 3.10. The van der Waals surface area contributed by atoms with Crippen molar-refractivity contribution in [3.63, 3.8) is 0 Å². The summed E-state index contributed by atoms with van der Waals surface area (Å²) in [6, 6.07) is 12.5. The number of nitrogens with one attached hydrogen (secondary N) is 1. The molecule has 0 saturated heterocycles. The molecule has 2 aromatic rings. The number of aromatic hydroxyl groups is 2. The Balaban J connectivity index is 0.00000220. The van der Waals surface area contributed by atoms with Gasteiger partial charge in [-0.1, -0.05) is 18.2 Å². The van der Waals surface area contributed by atoms with Gasteiger partial charge in [0.15, 0.2) is 11.5 Å². The van der Waals surface area contributed by atoms with E-state index in [2.05, 4.69) is 5.32 Å². The Morgan fingerprint density at radius 1 is 1.00 bits per heavy atom. The number of methoxy groups -OCH3 is 1. The fraction of sp³-hybridized carbons (Fsp3) is 0.250. The van der Waals surface area contributed by atoms with Crippen LogP contribution in [0.5, 0.6) is 17.2 Å². The predicted molar refractivity (Wildman–Crippen MR) is 88.5 cm³/mol. The van der Waals surface area contributed by atoms with Gasteiger partial charge >= 0.3 is 0 Å². The molecule has 3 N–H and O–H groups in total. The molecule has 0 heterocycles. The molecular weight excluding hydrogens is 334 g/mol. The molecule has 0 radical (unpaired) electrons. The number of ether oxygens (including phenoxy) is 1. The summed E-state index contributed by atoms with van der Waals surface area (Å²) in [6.45, 7) is 1.56. The van der Waals surface area contributed by atoms with Gasteiger partial charge in [-0.25, -0.2) is 0 Å². The van der Waals surface area contributed by atoms with E-state index in [1.165, 1.54) is 12.7 Å². The Kier molecular flexibility index (Phi) is 7.05.